The first-order valence-electron chi connectivity index (χ1n) is 8.78. The van der Waals surface area contributed by atoms with Crippen LogP contribution in [0.3, 0.4) is 0 Å². The van der Waals surface area contributed by atoms with Crippen molar-refractivity contribution < 1.29 is 4.79 Å². The fraction of sp³-hybridized carbons (Fsp3) is 0.611. The lowest BCUT2D eigenvalue weighted by molar-refractivity contribution is 0.0630. The SMILES string of the molecule is C[C@@H]1c2nc(C3CC3)nn2CCN1C(=O)c1ccn(C(C)(C)C)c1. The van der Waals surface area contributed by atoms with Crippen LogP contribution < -0.4 is 0 Å². The van der Waals surface area contributed by atoms with Crippen molar-refractivity contribution in [2.24, 2.45) is 0 Å². The van der Waals surface area contributed by atoms with Gasteiger partial charge in [0, 0.05) is 30.4 Å². The first-order valence-corrected chi connectivity index (χ1v) is 8.78. The number of nitrogens with zero attached hydrogens (tertiary/aromatic N) is 5. The largest absolute Gasteiger partial charge is 0.348 e. The van der Waals surface area contributed by atoms with Crippen LogP contribution in [0.1, 0.15) is 74.5 Å². The number of rotatable bonds is 2. The van der Waals surface area contributed by atoms with Crippen molar-refractivity contribution in [3.63, 3.8) is 0 Å². The van der Waals surface area contributed by atoms with Crippen molar-refractivity contribution in [2.45, 2.75) is 64.6 Å². The standard InChI is InChI=1S/C18H25N5O/c1-12-16-19-15(13-5-6-13)20-23(16)10-9-22(12)17(24)14-7-8-21(11-14)18(2,3)4/h7-8,11-13H,5-6,9-10H2,1-4H3/t12-/m1/s1. The zero-order valence-corrected chi connectivity index (χ0v) is 14.9. The molecule has 0 radical (unpaired) electrons. The Morgan fingerprint density at radius 2 is 2.00 bits per heavy atom. The Labute approximate surface area is 142 Å². The summed E-state index contributed by atoms with van der Waals surface area (Å²) in [6.07, 6.45) is 6.32. The molecule has 2 aromatic rings. The summed E-state index contributed by atoms with van der Waals surface area (Å²) in [6, 6.07) is 1.87. The summed E-state index contributed by atoms with van der Waals surface area (Å²) in [5, 5.41) is 4.63. The topological polar surface area (TPSA) is 56.0 Å². The van der Waals surface area contributed by atoms with Gasteiger partial charge in [-0.3, -0.25) is 4.79 Å². The van der Waals surface area contributed by atoms with Gasteiger partial charge in [0.25, 0.3) is 5.91 Å². The number of hydrogen-bond donors (Lipinski definition) is 0. The van der Waals surface area contributed by atoms with Crippen LogP contribution in [0.25, 0.3) is 0 Å². The highest BCUT2D eigenvalue weighted by Crippen LogP contribution is 2.39. The van der Waals surface area contributed by atoms with E-state index in [0.717, 1.165) is 23.8 Å². The number of amides is 1. The maximum Gasteiger partial charge on any atom is 0.256 e. The minimum absolute atomic E-state index is 0.0224. The van der Waals surface area contributed by atoms with Gasteiger partial charge in [0.15, 0.2) is 5.82 Å². The molecule has 2 aromatic heterocycles. The molecule has 2 aliphatic rings. The molecule has 1 amide bonds. The van der Waals surface area contributed by atoms with E-state index in [4.69, 9.17) is 4.98 Å². The zero-order chi connectivity index (χ0) is 17.1. The lowest BCUT2D eigenvalue weighted by Gasteiger charge is -2.32. The molecule has 128 valence electrons. The molecule has 0 unspecified atom stereocenters. The highest BCUT2D eigenvalue weighted by atomic mass is 16.2. The van der Waals surface area contributed by atoms with E-state index in [2.05, 4.69) is 37.4 Å². The molecule has 3 heterocycles. The molecule has 0 saturated heterocycles. The van der Waals surface area contributed by atoms with Crippen LogP contribution >= 0.6 is 0 Å². The first kappa shape index (κ1) is 15.4. The highest BCUT2D eigenvalue weighted by Gasteiger charge is 2.35. The summed E-state index contributed by atoms with van der Waals surface area (Å²) in [7, 11) is 0. The Balaban J connectivity index is 1.57. The number of hydrogen-bond acceptors (Lipinski definition) is 3. The van der Waals surface area contributed by atoms with E-state index in [1.165, 1.54) is 12.8 Å². The van der Waals surface area contributed by atoms with E-state index in [-0.39, 0.29) is 17.5 Å². The third-order valence-corrected chi connectivity index (χ3v) is 5.03. The normalized spacial score (nSPS) is 21.0. The van der Waals surface area contributed by atoms with Crippen LogP contribution in [-0.2, 0) is 12.1 Å². The summed E-state index contributed by atoms with van der Waals surface area (Å²) in [5.74, 6) is 2.50. The molecule has 24 heavy (non-hydrogen) atoms. The van der Waals surface area contributed by atoms with Gasteiger partial charge < -0.3 is 9.47 Å². The Bertz CT molecular complexity index is 778. The van der Waals surface area contributed by atoms with Crippen molar-refractivity contribution >= 4 is 5.91 Å². The van der Waals surface area contributed by atoms with Gasteiger partial charge in [0.05, 0.1) is 18.2 Å². The number of carbonyl (C=O) groups excluding carboxylic acids is 1. The average molecular weight is 327 g/mol. The van der Waals surface area contributed by atoms with Crippen LogP contribution in [-0.4, -0.2) is 36.7 Å². The van der Waals surface area contributed by atoms with Gasteiger partial charge in [-0.15, -0.1) is 0 Å². The van der Waals surface area contributed by atoms with Crippen molar-refractivity contribution in [1.29, 1.82) is 0 Å². The fourth-order valence-electron chi connectivity index (χ4n) is 3.28. The van der Waals surface area contributed by atoms with E-state index in [1.54, 1.807) is 0 Å². The van der Waals surface area contributed by atoms with Crippen LogP contribution in [0.15, 0.2) is 18.5 Å². The molecule has 0 N–H and O–H groups in total. The highest BCUT2D eigenvalue weighted by molar-refractivity contribution is 5.94. The molecule has 1 atom stereocenters. The van der Waals surface area contributed by atoms with Gasteiger partial charge >= 0.3 is 0 Å². The number of aromatic nitrogens is 4. The minimum Gasteiger partial charge on any atom is -0.348 e. The predicted molar refractivity (Wildman–Crippen MR) is 90.9 cm³/mol. The number of carbonyl (C=O) groups is 1. The molecule has 1 aliphatic heterocycles. The van der Waals surface area contributed by atoms with Crippen molar-refractivity contribution in [3.8, 4) is 0 Å². The summed E-state index contributed by atoms with van der Waals surface area (Å²) < 4.78 is 4.07. The second-order valence-electron chi connectivity index (χ2n) is 7.98. The van der Waals surface area contributed by atoms with Gasteiger partial charge in [0.2, 0.25) is 0 Å². The molecule has 0 aromatic carbocycles. The first-order chi connectivity index (χ1) is 11.3. The van der Waals surface area contributed by atoms with Crippen molar-refractivity contribution in [2.75, 3.05) is 6.54 Å². The van der Waals surface area contributed by atoms with Gasteiger partial charge in [0.1, 0.15) is 5.82 Å². The predicted octanol–water partition coefficient (Wildman–Crippen LogP) is 2.93. The minimum atomic E-state index is -0.0377. The Morgan fingerprint density at radius 3 is 2.62 bits per heavy atom. The van der Waals surface area contributed by atoms with E-state index in [1.807, 2.05) is 28.0 Å². The van der Waals surface area contributed by atoms with E-state index in [0.29, 0.717) is 12.5 Å². The average Bonchev–Trinajstić information content (AvgIpc) is 3.08. The van der Waals surface area contributed by atoms with Crippen LogP contribution in [0.4, 0.5) is 0 Å². The molecule has 0 spiro atoms. The van der Waals surface area contributed by atoms with Gasteiger partial charge in [-0.2, -0.15) is 5.10 Å². The monoisotopic (exact) mass is 327 g/mol. The molecule has 1 fully saturated rings. The zero-order valence-electron chi connectivity index (χ0n) is 14.9. The Hall–Kier alpha value is -2.11. The van der Waals surface area contributed by atoms with Crippen LogP contribution in [0.5, 0.6) is 0 Å². The Kier molecular flexibility index (Phi) is 3.34. The molecular weight excluding hydrogens is 302 g/mol. The van der Waals surface area contributed by atoms with Crippen molar-refractivity contribution in [3.05, 3.63) is 35.7 Å². The van der Waals surface area contributed by atoms with Crippen molar-refractivity contribution in [1.82, 2.24) is 24.2 Å². The molecule has 0 bridgehead atoms. The molecular formula is C18H25N5O. The lowest BCUT2D eigenvalue weighted by Crippen LogP contribution is -2.41. The second kappa shape index (κ2) is 5.19. The van der Waals surface area contributed by atoms with E-state index >= 15 is 0 Å². The Morgan fingerprint density at radius 1 is 1.25 bits per heavy atom. The fourth-order valence-corrected chi connectivity index (χ4v) is 3.28. The second-order valence-corrected chi connectivity index (χ2v) is 7.98. The third-order valence-electron chi connectivity index (χ3n) is 5.03. The molecule has 4 rings (SSSR count). The third kappa shape index (κ3) is 2.54. The molecule has 1 saturated carbocycles. The molecule has 6 nitrogen and oxygen atoms in total. The van der Waals surface area contributed by atoms with E-state index in [9.17, 15) is 4.79 Å². The summed E-state index contributed by atoms with van der Waals surface area (Å²) >= 11 is 0. The lowest BCUT2D eigenvalue weighted by atomic mass is 10.1. The summed E-state index contributed by atoms with van der Waals surface area (Å²) in [5.41, 5.74) is 0.720. The smallest absolute Gasteiger partial charge is 0.256 e. The summed E-state index contributed by atoms with van der Waals surface area (Å²) in [6.45, 7) is 9.85. The summed E-state index contributed by atoms with van der Waals surface area (Å²) in [4.78, 5) is 19.6. The van der Waals surface area contributed by atoms with Crippen LogP contribution in [0, 0.1) is 0 Å². The molecule has 6 heteroatoms. The maximum absolute atomic E-state index is 13.0. The quantitative estimate of drug-likeness (QED) is 0.852. The van der Waals surface area contributed by atoms with E-state index < -0.39 is 0 Å². The van der Waals surface area contributed by atoms with Gasteiger partial charge in [-0.05, 0) is 46.6 Å². The molecule has 1 aliphatic carbocycles. The van der Waals surface area contributed by atoms with Crippen LogP contribution in [0.2, 0.25) is 0 Å². The van der Waals surface area contributed by atoms with Gasteiger partial charge in [-0.25, -0.2) is 9.67 Å². The van der Waals surface area contributed by atoms with Gasteiger partial charge in [-0.1, -0.05) is 0 Å². The maximum atomic E-state index is 13.0. The number of fused-ring (bicyclic) bond motifs is 1.